The summed E-state index contributed by atoms with van der Waals surface area (Å²) in [6.45, 7) is 9.30. The molecule has 0 spiro atoms. The molecule has 0 bridgehead atoms. The first-order valence-electron chi connectivity index (χ1n) is 6.79. The summed E-state index contributed by atoms with van der Waals surface area (Å²) in [5.74, 6) is 0. The van der Waals surface area contributed by atoms with Gasteiger partial charge in [-0.1, -0.05) is 13.8 Å². The molecule has 0 aliphatic carbocycles. The van der Waals surface area contributed by atoms with E-state index >= 15 is 0 Å². The van der Waals surface area contributed by atoms with Gasteiger partial charge in [0, 0.05) is 25.2 Å². The van der Waals surface area contributed by atoms with Crippen molar-refractivity contribution in [2.75, 3.05) is 40.3 Å². The van der Waals surface area contributed by atoms with Crippen LogP contribution in [0.2, 0.25) is 0 Å². The zero-order valence-electron chi connectivity index (χ0n) is 11.5. The summed E-state index contributed by atoms with van der Waals surface area (Å²) >= 11 is 0. The highest BCUT2D eigenvalue weighted by molar-refractivity contribution is 4.83. The zero-order chi connectivity index (χ0) is 12.0. The first-order valence-corrected chi connectivity index (χ1v) is 6.79. The van der Waals surface area contributed by atoms with Gasteiger partial charge in [-0.2, -0.15) is 0 Å². The van der Waals surface area contributed by atoms with E-state index in [1.165, 1.54) is 38.9 Å². The maximum Gasteiger partial charge on any atom is 0.0224 e. The summed E-state index contributed by atoms with van der Waals surface area (Å²) < 4.78 is 0. The summed E-state index contributed by atoms with van der Waals surface area (Å²) in [5.41, 5.74) is 0. The minimum atomic E-state index is 0.674. The number of hydrogen-bond donors (Lipinski definition) is 1. The molecule has 1 aliphatic rings. The molecule has 1 saturated heterocycles. The third-order valence-electron chi connectivity index (χ3n) is 3.52. The van der Waals surface area contributed by atoms with Crippen LogP contribution in [-0.2, 0) is 0 Å². The lowest BCUT2D eigenvalue weighted by atomic mass is 10.1. The van der Waals surface area contributed by atoms with Gasteiger partial charge in [0.1, 0.15) is 0 Å². The van der Waals surface area contributed by atoms with Gasteiger partial charge < -0.3 is 10.2 Å². The molecule has 0 radical (unpaired) electrons. The third kappa shape index (κ3) is 4.40. The first kappa shape index (κ1) is 13.9. The van der Waals surface area contributed by atoms with Crippen LogP contribution in [0.5, 0.6) is 0 Å². The predicted octanol–water partition coefficient (Wildman–Crippen LogP) is 1.40. The Hall–Kier alpha value is -0.120. The Labute approximate surface area is 101 Å². The zero-order valence-corrected chi connectivity index (χ0v) is 11.5. The Morgan fingerprint density at radius 2 is 2.12 bits per heavy atom. The van der Waals surface area contributed by atoms with Gasteiger partial charge >= 0.3 is 0 Å². The van der Waals surface area contributed by atoms with Gasteiger partial charge in [0.15, 0.2) is 0 Å². The highest BCUT2D eigenvalue weighted by Crippen LogP contribution is 2.18. The van der Waals surface area contributed by atoms with Crippen LogP contribution >= 0.6 is 0 Å². The SMILES string of the molecule is CCNC(CC)CN1CCCC1CN(C)C. The maximum atomic E-state index is 3.58. The number of nitrogens with one attached hydrogen (secondary N) is 1. The van der Waals surface area contributed by atoms with E-state index in [1.54, 1.807) is 0 Å². The fraction of sp³-hybridized carbons (Fsp3) is 1.00. The predicted molar refractivity (Wildman–Crippen MR) is 70.9 cm³/mol. The first-order chi connectivity index (χ1) is 7.67. The van der Waals surface area contributed by atoms with E-state index in [9.17, 15) is 0 Å². The maximum absolute atomic E-state index is 3.58. The Morgan fingerprint density at radius 3 is 2.69 bits per heavy atom. The van der Waals surface area contributed by atoms with Crippen molar-refractivity contribution >= 4 is 0 Å². The lowest BCUT2D eigenvalue weighted by molar-refractivity contribution is 0.188. The topological polar surface area (TPSA) is 18.5 Å². The molecule has 2 unspecified atom stereocenters. The number of nitrogens with zero attached hydrogens (tertiary/aromatic N) is 2. The Bertz CT molecular complexity index is 182. The molecule has 0 aromatic rings. The van der Waals surface area contributed by atoms with E-state index in [-0.39, 0.29) is 0 Å². The molecule has 0 saturated carbocycles. The van der Waals surface area contributed by atoms with Crippen LogP contribution in [-0.4, -0.2) is 62.2 Å². The van der Waals surface area contributed by atoms with Crippen molar-refractivity contribution < 1.29 is 0 Å². The molecule has 0 aromatic heterocycles. The van der Waals surface area contributed by atoms with Crippen LogP contribution in [0.4, 0.5) is 0 Å². The molecule has 2 atom stereocenters. The van der Waals surface area contributed by atoms with Gasteiger partial charge in [-0.25, -0.2) is 0 Å². The second kappa shape index (κ2) is 7.25. The van der Waals surface area contributed by atoms with Crippen molar-refractivity contribution in [1.29, 1.82) is 0 Å². The molecular formula is C13H29N3. The molecule has 1 fully saturated rings. The molecule has 16 heavy (non-hydrogen) atoms. The van der Waals surface area contributed by atoms with Crippen LogP contribution in [0.3, 0.4) is 0 Å². The monoisotopic (exact) mass is 227 g/mol. The van der Waals surface area contributed by atoms with E-state index in [1.807, 2.05) is 0 Å². The summed E-state index contributed by atoms with van der Waals surface area (Å²) in [6, 6.07) is 1.45. The van der Waals surface area contributed by atoms with Crippen LogP contribution < -0.4 is 5.32 Å². The van der Waals surface area contributed by atoms with Crippen LogP contribution in [0.25, 0.3) is 0 Å². The van der Waals surface area contributed by atoms with Gasteiger partial charge in [-0.05, 0) is 46.4 Å². The molecule has 0 amide bonds. The van der Waals surface area contributed by atoms with Gasteiger partial charge in [-0.3, -0.25) is 4.90 Å². The fourth-order valence-electron chi connectivity index (χ4n) is 2.67. The van der Waals surface area contributed by atoms with Gasteiger partial charge in [0.25, 0.3) is 0 Å². The second-order valence-corrected chi connectivity index (χ2v) is 5.22. The van der Waals surface area contributed by atoms with Crippen LogP contribution in [0.1, 0.15) is 33.1 Å². The lowest BCUT2D eigenvalue weighted by Crippen LogP contribution is -2.45. The van der Waals surface area contributed by atoms with Gasteiger partial charge in [-0.15, -0.1) is 0 Å². The molecule has 96 valence electrons. The van der Waals surface area contributed by atoms with Crippen molar-refractivity contribution in [1.82, 2.24) is 15.1 Å². The van der Waals surface area contributed by atoms with E-state index in [2.05, 4.69) is 43.1 Å². The number of rotatable bonds is 7. The average molecular weight is 227 g/mol. The van der Waals surface area contributed by atoms with Gasteiger partial charge in [0.2, 0.25) is 0 Å². The van der Waals surface area contributed by atoms with Crippen LogP contribution in [0, 0.1) is 0 Å². The highest BCUT2D eigenvalue weighted by Gasteiger charge is 2.26. The number of hydrogen-bond acceptors (Lipinski definition) is 3. The Kier molecular flexibility index (Phi) is 6.32. The summed E-state index contributed by atoms with van der Waals surface area (Å²) in [4.78, 5) is 4.99. The standard InChI is InChI=1S/C13H29N3/c1-5-12(14-6-2)10-16-9-7-8-13(16)11-15(3)4/h12-14H,5-11H2,1-4H3. The van der Waals surface area contributed by atoms with Crippen molar-refractivity contribution in [3.63, 3.8) is 0 Å². The average Bonchev–Trinajstić information content (AvgIpc) is 2.64. The highest BCUT2D eigenvalue weighted by atomic mass is 15.2. The third-order valence-corrected chi connectivity index (χ3v) is 3.52. The summed E-state index contributed by atoms with van der Waals surface area (Å²) in [7, 11) is 4.36. The lowest BCUT2D eigenvalue weighted by Gasteiger charge is -2.30. The summed E-state index contributed by atoms with van der Waals surface area (Å²) in [5, 5.41) is 3.58. The molecule has 1 aliphatic heterocycles. The van der Waals surface area contributed by atoms with Gasteiger partial charge in [0.05, 0.1) is 0 Å². The van der Waals surface area contributed by atoms with Crippen molar-refractivity contribution in [2.24, 2.45) is 0 Å². The molecule has 1 N–H and O–H groups in total. The minimum absolute atomic E-state index is 0.674. The summed E-state index contributed by atoms with van der Waals surface area (Å²) in [6.07, 6.45) is 3.99. The fourth-order valence-corrected chi connectivity index (χ4v) is 2.67. The molecular weight excluding hydrogens is 198 g/mol. The number of likely N-dealkylation sites (tertiary alicyclic amines) is 1. The Morgan fingerprint density at radius 1 is 1.38 bits per heavy atom. The Balaban J connectivity index is 2.38. The number of likely N-dealkylation sites (N-methyl/N-ethyl adjacent to an activating group) is 2. The van der Waals surface area contributed by atoms with E-state index in [0.717, 1.165) is 12.6 Å². The molecule has 3 heteroatoms. The minimum Gasteiger partial charge on any atom is -0.313 e. The normalized spacial score (nSPS) is 24.2. The van der Waals surface area contributed by atoms with Crippen LogP contribution in [0.15, 0.2) is 0 Å². The quantitative estimate of drug-likeness (QED) is 0.709. The molecule has 3 nitrogen and oxygen atoms in total. The van der Waals surface area contributed by atoms with E-state index < -0.39 is 0 Å². The van der Waals surface area contributed by atoms with Crippen molar-refractivity contribution in [2.45, 2.75) is 45.2 Å². The smallest absolute Gasteiger partial charge is 0.0224 e. The van der Waals surface area contributed by atoms with Crippen molar-refractivity contribution in [3.05, 3.63) is 0 Å². The van der Waals surface area contributed by atoms with Crippen molar-refractivity contribution in [3.8, 4) is 0 Å². The second-order valence-electron chi connectivity index (χ2n) is 5.22. The molecule has 1 rings (SSSR count). The van der Waals surface area contributed by atoms with E-state index in [4.69, 9.17) is 0 Å². The largest absolute Gasteiger partial charge is 0.313 e. The van der Waals surface area contributed by atoms with E-state index in [0.29, 0.717) is 6.04 Å². The molecule has 0 aromatic carbocycles. The molecule has 1 heterocycles.